The molecule has 0 fully saturated rings. The summed E-state index contributed by atoms with van der Waals surface area (Å²) in [5, 5.41) is 5.52. The van der Waals surface area contributed by atoms with Crippen LogP contribution >= 0.6 is 0 Å². The van der Waals surface area contributed by atoms with Gasteiger partial charge in [-0.25, -0.2) is 15.0 Å². The quantitative estimate of drug-likeness (QED) is 0.479. The predicted octanol–water partition coefficient (Wildman–Crippen LogP) is 4.22. The van der Waals surface area contributed by atoms with Gasteiger partial charge in [-0.1, -0.05) is 24.3 Å². The number of nitrogens with one attached hydrogen (secondary N) is 1. The first-order chi connectivity index (χ1) is 14.1. The van der Waals surface area contributed by atoms with Gasteiger partial charge >= 0.3 is 0 Å². The standard InChI is InChI=1S/C23H25N5O/c1-28(2)14-6-13-24-22-18-15-17(29-3)10-12-20(18)26-23(27-22)21-11-9-16-7-4-5-8-19(16)25-21/h4-5,7-12,15H,6,13-14H2,1-3H3,(H,24,26,27). The lowest BCUT2D eigenvalue weighted by Crippen LogP contribution is -2.17. The number of anilines is 1. The molecule has 2 aromatic heterocycles. The molecule has 6 nitrogen and oxygen atoms in total. The van der Waals surface area contributed by atoms with Gasteiger partial charge in [0.2, 0.25) is 0 Å². The number of rotatable bonds is 7. The highest BCUT2D eigenvalue weighted by atomic mass is 16.5. The van der Waals surface area contributed by atoms with Gasteiger partial charge in [-0.05, 0) is 57.4 Å². The molecule has 0 aliphatic carbocycles. The number of pyridine rings is 1. The van der Waals surface area contributed by atoms with E-state index in [4.69, 9.17) is 19.7 Å². The molecule has 4 aromatic rings. The molecule has 148 valence electrons. The SMILES string of the molecule is COc1ccc2nc(-c3ccc4ccccc4n3)nc(NCCCN(C)C)c2c1. The number of methoxy groups -OCH3 is 1. The highest BCUT2D eigenvalue weighted by Crippen LogP contribution is 2.28. The average Bonchev–Trinajstić information content (AvgIpc) is 2.75. The molecule has 0 aliphatic heterocycles. The van der Waals surface area contributed by atoms with Crippen molar-refractivity contribution in [2.75, 3.05) is 39.6 Å². The van der Waals surface area contributed by atoms with Crippen molar-refractivity contribution >= 4 is 27.6 Å². The van der Waals surface area contributed by atoms with Crippen LogP contribution in [0.25, 0.3) is 33.3 Å². The Bertz CT molecular complexity index is 1140. The topological polar surface area (TPSA) is 63.2 Å². The molecule has 0 radical (unpaired) electrons. The van der Waals surface area contributed by atoms with Gasteiger partial charge in [-0.3, -0.25) is 0 Å². The third-order valence-electron chi connectivity index (χ3n) is 4.80. The summed E-state index contributed by atoms with van der Waals surface area (Å²) in [5.41, 5.74) is 2.56. The molecule has 2 aromatic carbocycles. The minimum atomic E-state index is 0.614. The minimum Gasteiger partial charge on any atom is -0.497 e. The molecule has 0 atom stereocenters. The van der Waals surface area contributed by atoms with Gasteiger partial charge in [0.1, 0.15) is 17.3 Å². The van der Waals surface area contributed by atoms with E-state index in [1.807, 2.05) is 42.5 Å². The van der Waals surface area contributed by atoms with Crippen LogP contribution in [-0.2, 0) is 0 Å². The van der Waals surface area contributed by atoms with Crippen molar-refractivity contribution in [1.82, 2.24) is 19.9 Å². The number of hydrogen-bond acceptors (Lipinski definition) is 6. The summed E-state index contributed by atoms with van der Waals surface area (Å²) >= 11 is 0. The Kier molecular flexibility index (Phi) is 5.53. The molecule has 0 unspecified atom stereocenters. The number of aromatic nitrogens is 3. The molecule has 29 heavy (non-hydrogen) atoms. The zero-order chi connectivity index (χ0) is 20.2. The second kappa shape index (κ2) is 8.41. The molecule has 0 saturated carbocycles. The smallest absolute Gasteiger partial charge is 0.180 e. The van der Waals surface area contributed by atoms with Crippen LogP contribution in [0.5, 0.6) is 5.75 Å². The van der Waals surface area contributed by atoms with Gasteiger partial charge in [0.15, 0.2) is 5.82 Å². The molecule has 0 saturated heterocycles. The van der Waals surface area contributed by atoms with E-state index in [9.17, 15) is 0 Å². The fraction of sp³-hybridized carbons (Fsp3) is 0.261. The Morgan fingerprint density at radius 3 is 2.62 bits per heavy atom. The fourth-order valence-electron chi connectivity index (χ4n) is 3.28. The minimum absolute atomic E-state index is 0.614. The third-order valence-corrected chi connectivity index (χ3v) is 4.80. The molecule has 0 aliphatic rings. The second-order valence-corrected chi connectivity index (χ2v) is 7.25. The van der Waals surface area contributed by atoms with E-state index in [0.717, 1.165) is 58.6 Å². The summed E-state index contributed by atoms with van der Waals surface area (Å²) in [7, 11) is 5.82. The van der Waals surface area contributed by atoms with Crippen molar-refractivity contribution in [2.24, 2.45) is 0 Å². The van der Waals surface area contributed by atoms with Crippen LogP contribution in [0.1, 0.15) is 6.42 Å². The number of ether oxygens (including phenoxy) is 1. The normalized spacial score (nSPS) is 11.3. The Labute approximate surface area is 170 Å². The van der Waals surface area contributed by atoms with Gasteiger partial charge in [0.05, 0.1) is 18.1 Å². The lowest BCUT2D eigenvalue weighted by Gasteiger charge is -2.13. The largest absolute Gasteiger partial charge is 0.497 e. The lowest BCUT2D eigenvalue weighted by atomic mass is 10.2. The molecule has 2 heterocycles. The van der Waals surface area contributed by atoms with E-state index in [1.165, 1.54) is 0 Å². The van der Waals surface area contributed by atoms with Gasteiger partial charge in [0.25, 0.3) is 0 Å². The number of nitrogens with zero attached hydrogens (tertiary/aromatic N) is 4. The summed E-state index contributed by atoms with van der Waals surface area (Å²) in [6.45, 7) is 1.84. The first kappa shape index (κ1) is 19.1. The van der Waals surface area contributed by atoms with Crippen molar-refractivity contribution in [3.8, 4) is 17.3 Å². The zero-order valence-electron chi connectivity index (χ0n) is 17.0. The average molecular weight is 387 g/mol. The van der Waals surface area contributed by atoms with Crippen molar-refractivity contribution in [3.63, 3.8) is 0 Å². The second-order valence-electron chi connectivity index (χ2n) is 7.25. The van der Waals surface area contributed by atoms with E-state index in [-0.39, 0.29) is 0 Å². The Balaban J connectivity index is 1.75. The molecule has 1 N–H and O–H groups in total. The van der Waals surface area contributed by atoms with Crippen LogP contribution in [0, 0.1) is 0 Å². The maximum absolute atomic E-state index is 5.40. The molecular formula is C23H25N5O. The Morgan fingerprint density at radius 1 is 0.931 bits per heavy atom. The van der Waals surface area contributed by atoms with E-state index in [1.54, 1.807) is 7.11 Å². The monoisotopic (exact) mass is 387 g/mol. The molecule has 0 amide bonds. The van der Waals surface area contributed by atoms with Crippen LogP contribution in [0.3, 0.4) is 0 Å². The molecule has 4 rings (SSSR count). The number of fused-ring (bicyclic) bond motifs is 2. The third kappa shape index (κ3) is 4.27. The number of benzene rings is 2. The number of hydrogen-bond donors (Lipinski definition) is 1. The summed E-state index contributed by atoms with van der Waals surface area (Å²) in [5.74, 6) is 2.20. The van der Waals surface area contributed by atoms with Gasteiger partial charge in [-0.2, -0.15) is 0 Å². The Hall–Kier alpha value is -3.25. The van der Waals surface area contributed by atoms with Gasteiger partial charge < -0.3 is 15.0 Å². The lowest BCUT2D eigenvalue weighted by molar-refractivity contribution is 0.405. The maximum atomic E-state index is 5.40. The van der Waals surface area contributed by atoms with Gasteiger partial charge in [0, 0.05) is 17.3 Å². The molecule has 0 bridgehead atoms. The van der Waals surface area contributed by atoms with E-state index in [2.05, 4.69) is 36.4 Å². The van der Waals surface area contributed by atoms with Crippen molar-refractivity contribution in [1.29, 1.82) is 0 Å². The highest BCUT2D eigenvalue weighted by Gasteiger charge is 2.12. The van der Waals surface area contributed by atoms with E-state index < -0.39 is 0 Å². The summed E-state index contributed by atoms with van der Waals surface area (Å²) in [6, 6.07) is 18.0. The van der Waals surface area contributed by atoms with Crippen LogP contribution in [0.4, 0.5) is 5.82 Å². The summed E-state index contributed by atoms with van der Waals surface area (Å²) < 4.78 is 5.40. The molecule has 6 heteroatoms. The summed E-state index contributed by atoms with van der Waals surface area (Å²) in [4.78, 5) is 16.5. The van der Waals surface area contributed by atoms with E-state index in [0.29, 0.717) is 5.82 Å². The summed E-state index contributed by atoms with van der Waals surface area (Å²) in [6.07, 6.45) is 1.02. The fourth-order valence-corrected chi connectivity index (χ4v) is 3.28. The zero-order valence-corrected chi connectivity index (χ0v) is 17.0. The van der Waals surface area contributed by atoms with Crippen LogP contribution in [0.15, 0.2) is 54.6 Å². The van der Waals surface area contributed by atoms with Gasteiger partial charge in [-0.15, -0.1) is 0 Å². The molecule has 0 spiro atoms. The van der Waals surface area contributed by atoms with Crippen molar-refractivity contribution in [3.05, 3.63) is 54.6 Å². The predicted molar refractivity (Wildman–Crippen MR) is 118 cm³/mol. The van der Waals surface area contributed by atoms with E-state index >= 15 is 0 Å². The Morgan fingerprint density at radius 2 is 1.79 bits per heavy atom. The molecular weight excluding hydrogens is 362 g/mol. The first-order valence-electron chi connectivity index (χ1n) is 9.74. The van der Waals surface area contributed by atoms with Crippen LogP contribution in [0.2, 0.25) is 0 Å². The first-order valence-corrected chi connectivity index (χ1v) is 9.74. The van der Waals surface area contributed by atoms with Crippen LogP contribution in [-0.4, -0.2) is 54.1 Å². The highest BCUT2D eigenvalue weighted by molar-refractivity contribution is 5.92. The maximum Gasteiger partial charge on any atom is 0.180 e. The number of para-hydroxylation sites is 1. The van der Waals surface area contributed by atoms with Crippen molar-refractivity contribution < 1.29 is 4.74 Å². The van der Waals surface area contributed by atoms with Crippen LogP contribution < -0.4 is 10.1 Å². The van der Waals surface area contributed by atoms with Crippen molar-refractivity contribution in [2.45, 2.75) is 6.42 Å².